The van der Waals surface area contributed by atoms with Gasteiger partial charge in [-0.25, -0.2) is 0 Å². The minimum absolute atomic E-state index is 0.0989. The summed E-state index contributed by atoms with van der Waals surface area (Å²) in [6.07, 6.45) is 5.84. The fourth-order valence-electron chi connectivity index (χ4n) is 3.33. The van der Waals surface area contributed by atoms with Gasteiger partial charge in [-0.2, -0.15) is 0 Å². The Kier molecular flexibility index (Phi) is 4.27. The van der Waals surface area contributed by atoms with Crippen molar-refractivity contribution in [1.82, 2.24) is 5.32 Å². The second kappa shape index (κ2) is 6.15. The number of nitrogens with one attached hydrogen (secondary N) is 1. The Hall–Kier alpha value is -1.06. The summed E-state index contributed by atoms with van der Waals surface area (Å²) in [6.45, 7) is 0.939. The van der Waals surface area contributed by atoms with E-state index in [1.165, 1.54) is 24.8 Å². The highest BCUT2D eigenvalue weighted by atomic mass is 16.5. The van der Waals surface area contributed by atoms with E-state index >= 15 is 0 Å². The lowest BCUT2D eigenvalue weighted by molar-refractivity contribution is 0.129. The van der Waals surface area contributed by atoms with Crippen molar-refractivity contribution in [3.05, 3.63) is 29.8 Å². The molecule has 3 unspecified atom stereocenters. The van der Waals surface area contributed by atoms with Crippen LogP contribution < -0.4 is 10.1 Å². The van der Waals surface area contributed by atoms with Gasteiger partial charge in [-0.1, -0.05) is 18.6 Å². The smallest absolute Gasteiger partial charge is 0.118 e. The molecule has 0 aliphatic heterocycles. The predicted octanol–water partition coefficient (Wildman–Crippen LogP) is 2.90. The number of ether oxygens (including phenoxy) is 1. The molecule has 2 aliphatic rings. The summed E-state index contributed by atoms with van der Waals surface area (Å²) in [6, 6.07) is 8.85. The van der Waals surface area contributed by atoms with Crippen LogP contribution in [0.25, 0.3) is 0 Å². The lowest BCUT2D eigenvalue weighted by Crippen LogP contribution is -2.31. The van der Waals surface area contributed by atoms with Crippen LogP contribution in [0.2, 0.25) is 0 Å². The van der Waals surface area contributed by atoms with Crippen LogP contribution in [0.1, 0.15) is 43.7 Å². The molecular weight excluding hydrogens is 250 g/mol. The van der Waals surface area contributed by atoms with Crippen LogP contribution in [0.4, 0.5) is 0 Å². The molecule has 0 heterocycles. The first kappa shape index (κ1) is 13.9. The number of rotatable bonds is 6. The van der Waals surface area contributed by atoms with Gasteiger partial charge >= 0.3 is 0 Å². The van der Waals surface area contributed by atoms with Crippen molar-refractivity contribution in [2.75, 3.05) is 13.7 Å². The standard InChI is InChI=1S/C17H25NO2/c1-20-15-9-7-13(8-10-15)17(12-5-6-12)18-11-14-3-2-4-16(14)19/h7-10,12,14,16-19H,2-6,11H2,1H3. The maximum atomic E-state index is 9.94. The van der Waals surface area contributed by atoms with Gasteiger partial charge in [0.2, 0.25) is 0 Å². The molecule has 0 radical (unpaired) electrons. The molecule has 3 heteroatoms. The Bertz CT molecular complexity index is 427. The lowest BCUT2D eigenvalue weighted by Gasteiger charge is -2.23. The summed E-state index contributed by atoms with van der Waals surface area (Å²) in [5.74, 6) is 2.12. The average molecular weight is 275 g/mol. The second-order valence-corrected chi connectivity index (χ2v) is 6.25. The Morgan fingerprint density at radius 2 is 1.95 bits per heavy atom. The summed E-state index contributed by atoms with van der Waals surface area (Å²) in [7, 11) is 1.70. The van der Waals surface area contributed by atoms with Crippen LogP contribution >= 0.6 is 0 Å². The zero-order valence-electron chi connectivity index (χ0n) is 12.2. The van der Waals surface area contributed by atoms with Crippen LogP contribution in [-0.4, -0.2) is 24.9 Å². The van der Waals surface area contributed by atoms with E-state index in [1.807, 2.05) is 12.1 Å². The molecule has 110 valence electrons. The van der Waals surface area contributed by atoms with Gasteiger partial charge in [0.1, 0.15) is 5.75 Å². The molecule has 3 atom stereocenters. The molecule has 1 aromatic carbocycles. The Morgan fingerprint density at radius 1 is 1.20 bits per heavy atom. The molecule has 0 bridgehead atoms. The van der Waals surface area contributed by atoms with Crippen molar-refractivity contribution in [2.24, 2.45) is 11.8 Å². The molecular formula is C17H25NO2. The van der Waals surface area contributed by atoms with E-state index in [1.54, 1.807) is 7.11 Å². The van der Waals surface area contributed by atoms with Crippen molar-refractivity contribution in [3.63, 3.8) is 0 Å². The first-order chi connectivity index (χ1) is 9.78. The zero-order valence-corrected chi connectivity index (χ0v) is 12.2. The maximum Gasteiger partial charge on any atom is 0.118 e. The van der Waals surface area contributed by atoms with Crippen LogP contribution in [-0.2, 0) is 0 Å². The number of aliphatic hydroxyl groups excluding tert-OH is 1. The molecule has 0 aromatic heterocycles. The molecule has 20 heavy (non-hydrogen) atoms. The molecule has 1 aromatic rings. The minimum atomic E-state index is -0.0989. The number of hydrogen-bond acceptors (Lipinski definition) is 3. The molecule has 3 rings (SSSR count). The van der Waals surface area contributed by atoms with E-state index in [-0.39, 0.29) is 6.10 Å². The Morgan fingerprint density at radius 3 is 2.50 bits per heavy atom. The summed E-state index contributed by atoms with van der Waals surface area (Å²) < 4.78 is 5.23. The quantitative estimate of drug-likeness (QED) is 0.839. The fourth-order valence-corrected chi connectivity index (χ4v) is 3.33. The van der Waals surface area contributed by atoms with E-state index in [0.717, 1.165) is 31.1 Å². The van der Waals surface area contributed by atoms with Gasteiger partial charge in [0.25, 0.3) is 0 Å². The zero-order chi connectivity index (χ0) is 13.9. The highest BCUT2D eigenvalue weighted by molar-refractivity contribution is 5.30. The van der Waals surface area contributed by atoms with E-state index in [9.17, 15) is 5.11 Å². The van der Waals surface area contributed by atoms with Crippen molar-refractivity contribution in [1.29, 1.82) is 0 Å². The van der Waals surface area contributed by atoms with Gasteiger partial charge in [0.05, 0.1) is 13.2 Å². The first-order valence-corrected chi connectivity index (χ1v) is 7.83. The third-order valence-corrected chi connectivity index (χ3v) is 4.79. The summed E-state index contributed by atoms with van der Waals surface area (Å²) in [4.78, 5) is 0. The third-order valence-electron chi connectivity index (χ3n) is 4.79. The van der Waals surface area contributed by atoms with Crippen LogP contribution in [0.3, 0.4) is 0 Å². The van der Waals surface area contributed by atoms with Gasteiger partial charge in [-0.3, -0.25) is 0 Å². The summed E-state index contributed by atoms with van der Waals surface area (Å²) in [5.41, 5.74) is 1.35. The van der Waals surface area contributed by atoms with Gasteiger partial charge in [0.15, 0.2) is 0 Å². The number of aliphatic hydroxyl groups is 1. The van der Waals surface area contributed by atoms with E-state index in [2.05, 4.69) is 17.4 Å². The molecule has 2 fully saturated rings. The van der Waals surface area contributed by atoms with Gasteiger partial charge in [-0.15, -0.1) is 0 Å². The van der Waals surface area contributed by atoms with Crippen molar-refractivity contribution in [2.45, 2.75) is 44.2 Å². The normalized spacial score (nSPS) is 27.5. The molecule has 2 saturated carbocycles. The highest BCUT2D eigenvalue weighted by Gasteiger charge is 2.33. The van der Waals surface area contributed by atoms with Crippen LogP contribution in [0.15, 0.2) is 24.3 Å². The minimum Gasteiger partial charge on any atom is -0.497 e. The van der Waals surface area contributed by atoms with E-state index in [4.69, 9.17) is 4.74 Å². The van der Waals surface area contributed by atoms with E-state index in [0.29, 0.717) is 12.0 Å². The third kappa shape index (κ3) is 3.15. The van der Waals surface area contributed by atoms with Gasteiger partial charge in [-0.05, 0) is 55.2 Å². The topological polar surface area (TPSA) is 41.5 Å². The Balaban J connectivity index is 1.62. The Labute approximate surface area is 121 Å². The first-order valence-electron chi connectivity index (χ1n) is 7.83. The monoisotopic (exact) mass is 275 g/mol. The largest absolute Gasteiger partial charge is 0.497 e. The van der Waals surface area contributed by atoms with Gasteiger partial charge in [0, 0.05) is 12.6 Å². The SMILES string of the molecule is COc1ccc(C(NCC2CCCC2O)C2CC2)cc1. The van der Waals surface area contributed by atoms with Crippen molar-refractivity contribution >= 4 is 0 Å². The van der Waals surface area contributed by atoms with Crippen molar-refractivity contribution < 1.29 is 9.84 Å². The number of methoxy groups -OCH3 is 1. The van der Waals surface area contributed by atoms with Crippen LogP contribution in [0, 0.1) is 11.8 Å². The molecule has 3 nitrogen and oxygen atoms in total. The lowest BCUT2D eigenvalue weighted by atomic mass is 10.00. The van der Waals surface area contributed by atoms with Crippen molar-refractivity contribution in [3.8, 4) is 5.75 Å². The molecule has 2 N–H and O–H groups in total. The highest BCUT2D eigenvalue weighted by Crippen LogP contribution is 2.41. The molecule has 0 spiro atoms. The maximum absolute atomic E-state index is 9.94. The number of hydrogen-bond donors (Lipinski definition) is 2. The number of benzene rings is 1. The predicted molar refractivity (Wildman–Crippen MR) is 79.8 cm³/mol. The molecule has 2 aliphatic carbocycles. The fraction of sp³-hybridized carbons (Fsp3) is 0.647. The molecule has 0 saturated heterocycles. The van der Waals surface area contributed by atoms with Gasteiger partial charge < -0.3 is 15.2 Å². The summed E-state index contributed by atoms with van der Waals surface area (Å²) >= 11 is 0. The molecule has 0 amide bonds. The van der Waals surface area contributed by atoms with Crippen LogP contribution in [0.5, 0.6) is 5.75 Å². The summed E-state index contributed by atoms with van der Waals surface area (Å²) in [5, 5.41) is 13.6. The van der Waals surface area contributed by atoms with E-state index < -0.39 is 0 Å². The second-order valence-electron chi connectivity index (χ2n) is 6.25. The average Bonchev–Trinajstić information content (AvgIpc) is 3.23.